The van der Waals surface area contributed by atoms with Crippen molar-refractivity contribution in [2.75, 3.05) is 13.7 Å². The normalized spacial score (nSPS) is 10.8. The maximum Gasteiger partial charge on any atom is 0.163 e. The third kappa shape index (κ3) is 6.28. The Labute approximate surface area is 186 Å². The molecule has 1 N–H and O–H groups in total. The van der Waals surface area contributed by atoms with E-state index in [0.717, 1.165) is 24.1 Å². The van der Waals surface area contributed by atoms with Crippen molar-refractivity contribution >= 4 is 34.8 Å². The molecule has 0 aliphatic heterocycles. The lowest BCUT2D eigenvalue weighted by atomic mass is 10.1. The van der Waals surface area contributed by atoms with Crippen LogP contribution in [0.3, 0.4) is 0 Å². The van der Waals surface area contributed by atoms with E-state index >= 15 is 0 Å². The Morgan fingerprint density at radius 3 is 2.31 bits per heavy atom. The zero-order chi connectivity index (χ0) is 20.6. The van der Waals surface area contributed by atoms with Gasteiger partial charge in [0.15, 0.2) is 11.5 Å². The lowest BCUT2D eigenvalue weighted by molar-refractivity contribution is 0.284. The van der Waals surface area contributed by atoms with Gasteiger partial charge in [0.2, 0.25) is 0 Å². The van der Waals surface area contributed by atoms with Gasteiger partial charge in [-0.15, -0.1) is 0 Å². The molecule has 0 bridgehead atoms. The van der Waals surface area contributed by atoms with Crippen molar-refractivity contribution in [1.29, 1.82) is 0 Å². The molecule has 3 nitrogen and oxygen atoms in total. The molecule has 6 heteroatoms. The second kappa shape index (κ2) is 10.7. The first-order chi connectivity index (χ1) is 14.1. The van der Waals surface area contributed by atoms with E-state index in [4.69, 9.17) is 44.3 Å². The van der Waals surface area contributed by atoms with Gasteiger partial charge in [-0.05, 0) is 42.3 Å². The maximum absolute atomic E-state index is 6.47. The summed E-state index contributed by atoms with van der Waals surface area (Å²) in [7, 11) is 1.61. The fraction of sp³-hybridized carbons (Fsp3) is 0.217. The molecule has 0 atom stereocenters. The van der Waals surface area contributed by atoms with E-state index in [1.165, 1.54) is 5.56 Å². The molecule has 3 aromatic carbocycles. The zero-order valence-corrected chi connectivity index (χ0v) is 18.3. The van der Waals surface area contributed by atoms with Crippen molar-refractivity contribution in [3.8, 4) is 11.5 Å². The summed E-state index contributed by atoms with van der Waals surface area (Å²) in [5.74, 6) is 1.19. The first-order valence-electron chi connectivity index (χ1n) is 9.24. The van der Waals surface area contributed by atoms with Crippen LogP contribution in [0.4, 0.5) is 0 Å². The molecule has 0 saturated heterocycles. The van der Waals surface area contributed by atoms with E-state index in [-0.39, 0.29) is 6.61 Å². The molecule has 152 valence electrons. The average molecular weight is 451 g/mol. The van der Waals surface area contributed by atoms with Gasteiger partial charge in [-0.1, -0.05) is 71.2 Å². The molecular formula is C23H22Cl3NO2. The summed E-state index contributed by atoms with van der Waals surface area (Å²) in [6.45, 7) is 1.79. The quantitative estimate of drug-likeness (QED) is 0.374. The van der Waals surface area contributed by atoms with Gasteiger partial charge < -0.3 is 14.8 Å². The number of methoxy groups -OCH3 is 1. The molecule has 0 aliphatic carbocycles. The molecular weight excluding hydrogens is 429 g/mol. The first-order valence-corrected chi connectivity index (χ1v) is 10.4. The van der Waals surface area contributed by atoms with Crippen LogP contribution in [-0.2, 0) is 19.6 Å². The van der Waals surface area contributed by atoms with E-state index in [1.54, 1.807) is 25.3 Å². The summed E-state index contributed by atoms with van der Waals surface area (Å²) < 4.78 is 11.4. The topological polar surface area (TPSA) is 30.5 Å². The Balaban J connectivity index is 1.60. The molecule has 0 aromatic heterocycles. The van der Waals surface area contributed by atoms with E-state index in [9.17, 15) is 0 Å². The van der Waals surface area contributed by atoms with Crippen LogP contribution in [0.5, 0.6) is 11.5 Å². The van der Waals surface area contributed by atoms with Crippen LogP contribution >= 0.6 is 34.8 Å². The molecule has 0 saturated carbocycles. The molecule has 29 heavy (non-hydrogen) atoms. The van der Waals surface area contributed by atoms with Crippen molar-refractivity contribution in [3.63, 3.8) is 0 Å². The molecule has 3 aromatic rings. The van der Waals surface area contributed by atoms with Gasteiger partial charge in [0.05, 0.1) is 7.11 Å². The van der Waals surface area contributed by atoms with Gasteiger partial charge in [-0.3, -0.25) is 0 Å². The predicted octanol–water partition coefficient (Wildman–Crippen LogP) is 6.57. The Morgan fingerprint density at radius 2 is 1.59 bits per heavy atom. The fourth-order valence-electron chi connectivity index (χ4n) is 2.88. The third-order valence-corrected chi connectivity index (χ3v) is 5.42. The number of benzene rings is 3. The third-order valence-electron chi connectivity index (χ3n) is 4.48. The Hall–Kier alpha value is -1.91. The van der Waals surface area contributed by atoms with Crippen molar-refractivity contribution in [3.05, 3.63) is 92.4 Å². The summed E-state index contributed by atoms with van der Waals surface area (Å²) >= 11 is 18.6. The van der Waals surface area contributed by atoms with Crippen LogP contribution in [-0.4, -0.2) is 13.7 Å². The summed E-state index contributed by atoms with van der Waals surface area (Å²) in [5, 5.41) is 5.19. The molecule has 0 heterocycles. The molecule has 0 fully saturated rings. The van der Waals surface area contributed by atoms with Gasteiger partial charge in [0.25, 0.3) is 0 Å². The number of hydrogen-bond donors (Lipinski definition) is 1. The van der Waals surface area contributed by atoms with Crippen molar-refractivity contribution in [2.45, 2.75) is 19.6 Å². The van der Waals surface area contributed by atoms with Gasteiger partial charge >= 0.3 is 0 Å². The Bertz CT molecular complexity index is 948. The van der Waals surface area contributed by atoms with Crippen LogP contribution in [0.25, 0.3) is 0 Å². The summed E-state index contributed by atoms with van der Waals surface area (Å²) in [4.78, 5) is 0. The Kier molecular flexibility index (Phi) is 8.08. The number of halogens is 3. The van der Waals surface area contributed by atoms with Crippen molar-refractivity contribution < 1.29 is 9.47 Å². The molecule has 0 radical (unpaired) electrons. The number of hydrogen-bond acceptors (Lipinski definition) is 3. The summed E-state index contributed by atoms with van der Waals surface area (Å²) in [5.41, 5.74) is 3.09. The minimum absolute atomic E-state index is 0.289. The first kappa shape index (κ1) is 21.8. The number of rotatable bonds is 9. The molecule has 0 amide bonds. The Morgan fingerprint density at radius 1 is 0.828 bits per heavy atom. The second-order valence-electron chi connectivity index (χ2n) is 6.53. The van der Waals surface area contributed by atoms with Crippen LogP contribution < -0.4 is 14.8 Å². The summed E-state index contributed by atoms with van der Waals surface area (Å²) in [6.07, 6.45) is 0.957. The maximum atomic E-state index is 6.47. The monoisotopic (exact) mass is 449 g/mol. The number of ether oxygens (including phenoxy) is 2. The minimum Gasteiger partial charge on any atom is -0.493 e. The minimum atomic E-state index is 0.289. The standard InChI is InChI=1S/C23H22Cl3NO2/c1-28-22-11-18(14-27-10-9-16-5-3-2-4-6-16)21(26)13-23(22)29-15-17-7-8-19(24)12-20(17)25/h2-8,11-13,27H,9-10,14-15H2,1H3. The van der Waals surface area contributed by atoms with Gasteiger partial charge in [-0.2, -0.15) is 0 Å². The molecule has 0 unspecified atom stereocenters. The lowest BCUT2D eigenvalue weighted by Gasteiger charge is -2.15. The van der Waals surface area contributed by atoms with Gasteiger partial charge in [0, 0.05) is 33.2 Å². The highest BCUT2D eigenvalue weighted by atomic mass is 35.5. The van der Waals surface area contributed by atoms with E-state index in [2.05, 4.69) is 17.4 Å². The molecule has 0 aliphatic rings. The van der Waals surface area contributed by atoms with E-state index in [0.29, 0.717) is 33.1 Å². The van der Waals surface area contributed by atoms with Gasteiger partial charge in [0.1, 0.15) is 6.61 Å². The number of nitrogens with one attached hydrogen (secondary N) is 1. The predicted molar refractivity (Wildman–Crippen MR) is 121 cm³/mol. The van der Waals surface area contributed by atoms with Crippen LogP contribution in [0.15, 0.2) is 60.7 Å². The largest absolute Gasteiger partial charge is 0.493 e. The lowest BCUT2D eigenvalue weighted by Crippen LogP contribution is -2.17. The van der Waals surface area contributed by atoms with Gasteiger partial charge in [-0.25, -0.2) is 0 Å². The SMILES string of the molecule is COc1cc(CNCCc2ccccc2)c(Cl)cc1OCc1ccc(Cl)cc1Cl. The summed E-state index contributed by atoms with van der Waals surface area (Å²) in [6, 6.07) is 19.3. The highest BCUT2D eigenvalue weighted by molar-refractivity contribution is 6.35. The van der Waals surface area contributed by atoms with Crippen LogP contribution in [0, 0.1) is 0 Å². The van der Waals surface area contributed by atoms with E-state index < -0.39 is 0 Å². The molecule has 3 rings (SSSR count). The molecule has 0 spiro atoms. The van der Waals surface area contributed by atoms with Crippen LogP contribution in [0.2, 0.25) is 15.1 Å². The highest BCUT2D eigenvalue weighted by Gasteiger charge is 2.12. The van der Waals surface area contributed by atoms with Crippen molar-refractivity contribution in [1.82, 2.24) is 5.32 Å². The fourth-order valence-corrected chi connectivity index (χ4v) is 3.56. The van der Waals surface area contributed by atoms with E-state index in [1.807, 2.05) is 30.3 Å². The highest BCUT2D eigenvalue weighted by Crippen LogP contribution is 2.34. The smallest absolute Gasteiger partial charge is 0.163 e. The van der Waals surface area contributed by atoms with Crippen LogP contribution in [0.1, 0.15) is 16.7 Å². The second-order valence-corrected chi connectivity index (χ2v) is 7.78. The van der Waals surface area contributed by atoms with Crippen molar-refractivity contribution in [2.24, 2.45) is 0 Å². The zero-order valence-electron chi connectivity index (χ0n) is 16.1. The average Bonchev–Trinajstić information content (AvgIpc) is 2.72.